The van der Waals surface area contributed by atoms with Gasteiger partial charge in [-0.3, -0.25) is 14.4 Å². The topological polar surface area (TPSA) is 113 Å². The monoisotopic (exact) mass is 767 g/mol. The molecule has 4 saturated carbocycles. The molecule has 2 spiro atoms. The van der Waals surface area contributed by atoms with Gasteiger partial charge in [-0.05, 0) is 124 Å². The molecule has 1 amide bonds. The van der Waals surface area contributed by atoms with E-state index in [1.807, 2.05) is 61.4 Å². The third-order valence-corrected chi connectivity index (χ3v) is 18.6. The lowest BCUT2D eigenvalue weighted by Crippen LogP contribution is -2.68. The molecule has 1 aromatic carbocycles. The molecule has 10 rings (SSSR count). The highest BCUT2D eigenvalue weighted by molar-refractivity contribution is 7.09. The molecule has 1 saturated heterocycles. The molecule has 1 aliphatic heterocycles. The first-order valence-corrected chi connectivity index (χ1v) is 21.4. The molecule has 4 bridgehead atoms. The Hall–Kier alpha value is -3.27. The predicted octanol–water partition coefficient (Wildman–Crippen LogP) is 7.72. The van der Waals surface area contributed by atoms with Gasteiger partial charge in [0.25, 0.3) is 5.91 Å². The number of fused-ring (bicyclic) bond motifs is 3. The first-order valence-electron chi connectivity index (χ1n) is 20.5. The van der Waals surface area contributed by atoms with E-state index in [1.54, 1.807) is 18.4 Å². The number of aliphatic hydroxyl groups is 2. The van der Waals surface area contributed by atoms with Crippen LogP contribution in [0.15, 0.2) is 65.6 Å². The van der Waals surface area contributed by atoms with E-state index in [0.29, 0.717) is 56.4 Å². The highest BCUT2D eigenvalue weighted by Crippen LogP contribution is 2.78. The Morgan fingerprint density at radius 2 is 1.64 bits per heavy atom. The number of benzene rings is 1. The van der Waals surface area contributed by atoms with Gasteiger partial charge in [0.1, 0.15) is 5.75 Å². The number of hydrogen-bond acceptors (Lipinski definition) is 8. The number of aliphatic hydroxyl groups excluding tert-OH is 1. The van der Waals surface area contributed by atoms with Crippen molar-refractivity contribution in [3.63, 3.8) is 0 Å². The zero-order valence-electron chi connectivity index (χ0n) is 33.3. The molecule has 2 heterocycles. The second kappa shape index (κ2) is 11.9. The Morgan fingerprint density at radius 1 is 0.927 bits per heavy atom. The van der Waals surface area contributed by atoms with Crippen molar-refractivity contribution in [2.24, 2.45) is 44.3 Å². The summed E-state index contributed by atoms with van der Waals surface area (Å²) in [6, 6.07) is 11.5. The molecule has 0 radical (unpaired) electrons. The molecule has 7 aliphatic carbocycles. The van der Waals surface area contributed by atoms with Crippen LogP contribution in [-0.2, 0) is 20.7 Å². The van der Waals surface area contributed by atoms with Gasteiger partial charge in [0.05, 0.1) is 30.8 Å². The Kier molecular flexibility index (Phi) is 8.07. The summed E-state index contributed by atoms with van der Waals surface area (Å²) in [5.74, 6) is 0.291. The van der Waals surface area contributed by atoms with Crippen LogP contribution in [0.1, 0.15) is 108 Å². The van der Waals surface area contributed by atoms with Crippen LogP contribution >= 0.6 is 11.3 Å². The number of methoxy groups -OCH3 is 1. The molecule has 1 aromatic heterocycles. The highest BCUT2D eigenvalue weighted by atomic mass is 32.1. The first-order chi connectivity index (χ1) is 26.0. The summed E-state index contributed by atoms with van der Waals surface area (Å²) in [5, 5.41) is 26.5. The first kappa shape index (κ1) is 37.3. The summed E-state index contributed by atoms with van der Waals surface area (Å²) < 4.78 is 11.6. The van der Waals surface area contributed by atoms with Crippen LogP contribution in [0.4, 0.5) is 0 Å². The normalized spacial score (nSPS) is 42.9. The van der Waals surface area contributed by atoms with Gasteiger partial charge in [-0.1, -0.05) is 52.0 Å². The number of ether oxygens (including phenoxy) is 2. The summed E-state index contributed by atoms with van der Waals surface area (Å²) in [6.45, 7) is 11.1. The standard InChI is InChI=1S/C46H57NO7S/c1-39(2)42(5)20-23-46(39,54-38(42)51)37(50)47(24-16-32-8-7-25-55-32)28-44(52)19-15-35-41(44,4)18-14-34-40(3)17-13-30(48)26-43(40)21-22-45(34,35)33(27-43)36(49)29-9-11-31(53-6)12-10-29/h7-12,21-22,25,27,30,34-35,48,52H,13-20,23-24,26,28H2,1-6H3. The summed E-state index contributed by atoms with van der Waals surface area (Å²) in [7, 11) is 1.62. The smallest absolute Gasteiger partial charge is 0.313 e. The van der Waals surface area contributed by atoms with Crippen molar-refractivity contribution >= 4 is 29.0 Å². The van der Waals surface area contributed by atoms with E-state index in [-0.39, 0.29) is 41.5 Å². The molecule has 10 unspecified atom stereocenters. The van der Waals surface area contributed by atoms with Gasteiger partial charge in [0.2, 0.25) is 0 Å². The van der Waals surface area contributed by atoms with Gasteiger partial charge in [-0.2, -0.15) is 0 Å². The molecular formula is C46H57NO7S. The van der Waals surface area contributed by atoms with Crippen LogP contribution in [0.2, 0.25) is 0 Å². The molecule has 10 atom stereocenters. The van der Waals surface area contributed by atoms with Gasteiger partial charge in [-0.15, -0.1) is 11.3 Å². The minimum atomic E-state index is -1.28. The fourth-order valence-corrected chi connectivity index (χ4v) is 14.4. The fraction of sp³-hybridized carbons (Fsp3) is 0.630. The fourth-order valence-electron chi connectivity index (χ4n) is 13.7. The minimum Gasteiger partial charge on any atom is -0.497 e. The van der Waals surface area contributed by atoms with Crippen molar-refractivity contribution in [3.8, 4) is 5.75 Å². The van der Waals surface area contributed by atoms with Crippen molar-refractivity contribution < 1.29 is 34.1 Å². The predicted molar refractivity (Wildman–Crippen MR) is 210 cm³/mol. The lowest BCUT2D eigenvalue weighted by atomic mass is 9.32. The van der Waals surface area contributed by atoms with E-state index in [2.05, 4.69) is 38.1 Å². The summed E-state index contributed by atoms with van der Waals surface area (Å²) in [6.07, 6.45) is 13.2. The lowest BCUT2D eigenvalue weighted by molar-refractivity contribution is -0.187. The Balaban J connectivity index is 1.12. The maximum Gasteiger partial charge on any atom is 0.313 e. The molecule has 294 valence electrons. The number of amides is 1. The van der Waals surface area contributed by atoms with Crippen molar-refractivity contribution in [2.75, 3.05) is 20.2 Å². The quantitative estimate of drug-likeness (QED) is 0.153. The van der Waals surface area contributed by atoms with Crippen molar-refractivity contribution in [2.45, 2.75) is 116 Å². The van der Waals surface area contributed by atoms with E-state index in [9.17, 15) is 19.8 Å². The number of carbonyl (C=O) groups excluding carboxylic acids is 3. The van der Waals surface area contributed by atoms with E-state index < -0.39 is 44.4 Å². The zero-order valence-corrected chi connectivity index (χ0v) is 34.1. The van der Waals surface area contributed by atoms with Crippen LogP contribution in [0.25, 0.3) is 0 Å². The van der Waals surface area contributed by atoms with Crippen LogP contribution in [-0.4, -0.2) is 70.3 Å². The molecule has 55 heavy (non-hydrogen) atoms. The van der Waals surface area contributed by atoms with E-state index in [1.165, 1.54) is 0 Å². The van der Waals surface area contributed by atoms with E-state index >= 15 is 4.79 Å². The Bertz CT molecular complexity index is 2000. The average molecular weight is 768 g/mol. The number of ketones is 1. The molecule has 9 heteroatoms. The van der Waals surface area contributed by atoms with Gasteiger partial charge in [0, 0.05) is 44.2 Å². The molecule has 2 N–H and O–H groups in total. The maximum atomic E-state index is 15.2. The SMILES string of the molecule is COc1ccc(C(=O)C2=CC34C=CC25C(CCC2(C)C5CCC2(O)CN(CCc2cccs2)C(=O)C25CCC(C)(C(=O)O2)C5(C)C)C3(C)CCC(O)C4)cc1. The molecule has 5 fully saturated rings. The number of rotatable bonds is 9. The number of Topliss-reactive ketones (excluding diaryl/α,β-unsaturated/α-hetero) is 1. The van der Waals surface area contributed by atoms with E-state index in [0.717, 1.165) is 36.1 Å². The Morgan fingerprint density at radius 3 is 2.29 bits per heavy atom. The molecule has 8 aliphatic rings. The molecule has 2 aromatic rings. The third-order valence-electron chi connectivity index (χ3n) is 17.7. The van der Waals surface area contributed by atoms with Gasteiger partial charge in [0.15, 0.2) is 11.4 Å². The summed E-state index contributed by atoms with van der Waals surface area (Å²) >= 11 is 1.66. The molecular weight excluding hydrogens is 711 g/mol. The van der Waals surface area contributed by atoms with Gasteiger partial charge < -0.3 is 24.6 Å². The number of allylic oxidation sites excluding steroid dienone is 4. The zero-order chi connectivity index (χ0) is 39.0. The number of nitrogens with zero attached hydrogens (tertiary/aromatic N) is 1. The summed E-state index contributed by atoms with van der Waals surface area (Å²) in [4.78, 5) is 46.5. The molecule has 8 nitrogen and oxygen atoms in total. The second-order valence-corrected chi connectivity index (χ2v) is 20.6. The van der Waals surface area contributed by atoms with Crippen LogP contribution in [0.5, 0.6) is 5.75 Å². The average Bonchev–Trinajstić information content (AvgIpc) is 3.87. The number of carbonyl (C=O) groups is 3. The van der Waals surface area contributed by atoms with Crippen LogP contribution < -0.4 is 4.74 Å². The maximum absolute atomic E-state index is 15.2. The van der Waals surface area contributed by atoms with Crippen LogP contribution in [0, 0.1) is 44.3 Å². The Labute approximate surface area is 329 Å². The second-order valence-electron chi connectivity index (χ2n) is 19.6. The summed E-state index contributed by atoms with van der Waals surface area (Å²) in [5.41, 5.74) is -4.38. The van der Waals surface area contributed by atoms with Crippen LogP contribution in [0.3, 0.4) is 0 Å². The van der Waals surface area contributed by atoms with Crippen molar-refractivity contribution in [3.05, 3.63) is 76.0 Å². The number of thiophene rings is 1. The van der Waals surface area contributed by atoms with Crippen molar-refractivity contribution in [1.82, 2.24) is 4.90 Å². The number of esters is 1. The number of hydrogen-bond donors (Lipinski definition) is 2. The van der Waals surface area contributed by atoms with Crippen molar-refractivity contribution in [1.29, 1.82) is 0 Å². The largest absolute Gasteiger partial charge is 0.497 e. The lowest BCUT2D eigenvalue weighted by Gasteiger charge is -2.71. The van der Waals surface area contributed by atoms with Gasteiger partial charge in [-0.25, -0.2) is 0 Å². The van der Waals surface area contributed by atoms with E-state index in [4.69, 9.17) is 9.47 Å². The van der Waals surface area contributed by atoms with Gasteiger partial charge >= 0.3 is 5.97 Å². The third kappa shape index (κ3) is 4.55. The highest BCUT2D eigenvalue weighted by Gasteiger charge is 2.78. The minimum absolute atomic E-state index is 0.000374.